The fraction of sp³-hybridized carbons (Fsp3) is 0.562. The summed E-state index contributed by atoms with van der Waals surface area (Å²) in [6, 6.07) is 5.41. The molecule has 0 unspecified atom stereocenters. The number of piperidine rings is 1. The molecule has 1 aromatic rings. The van der Waals surface area contributed by atoms with Crippen LogP contribution in [0.5, 0.6) is 0 Å². The molecule has 2 rings (SSSR count). The molecule has 0 spiro atoms. The molecule has 2 N–H and O–H groups in total. The first-order valence-corrected chi connectivity index (χ1v) is 8.30. The molecule has 1 aliphatic heterocycles. The molecule has 0 aromatic heterocycles. The summed E-state index contributed by atoms with van der Waals surface area (Å²) in [5, 5.41) is 7.31. The van der Waals surface area contributed by atoms with Gasteiger partial charge in [-0.3, -0.25) is 4.79 Å². The predicted octanol–water partition coefficient (Wildman–Crippen LogP) is 4.14. The second-order valence-corrected chi connectivity index (χ2v) is 8.48. The second kappa shape index (κ2) is 5.90. The molecule has 0 saturated carbocycles. The molecule has 1 amide bonds. The van der Waals surface area contributed by atoms with E-state index >= 15 is 0 Å². The van der Waals surface area contributed by atoms with Gasteiger partial charge in [0.15, 0.2) is 0 Å². The summed E-state index contributed by atoms with van der Waals surface area (Å²) in [5.74, 6) is -0.0725. The SMILES string of the molecule is CC1(C)CC(NC(=O)c2cc(Cl)cc(Br)c2)CC(C)(C)N1. The summed E-state index contributed by atoms with van der Waals surface area (Å²) in [6.45, 7) is 8.68. The molecular weight excluding hydrogens is 352 g/mol. The summed E-state index contributed by atoms with van der Waals surface area (Å²) in [5.41, 5.74) is 0.604. The van der Waals surface area contributed by atoms with E-state index < -0.39 is 0 Å². The first-order valence-electron chi connectivity index (χ1n) is 7.13. The van der Waals surface area contributed by atoms with Gasteiger partial charge in [-0.15, -0.1) is 0 Å². The van der Waals surface area contributed by atoms with Crippen molar-refractivity contribution in [3.8, 4) is 0 Å². The van der Waals surface area contributed by atoms with Crippen molar-refractivity contribution in [3.05, 3.63) is 33.3 Å². The minimum Gasteiger partial charge on any atom is -0.349 e. The van der Waals surface area contributed by atoms with E-state index in [0.29, 0.717) is 10.6 Å². The summed E-state index contributed by atoms with van der Waals surface area (Å²) in [6.07, 6.45) is 1.81. The average Bonchev–Trinajstić information content (AvgIpc) is 2.22. The standard InChI is InChI=1S/C16H22BrClN2O/c1-15(2)8-13(9-16(3,4)20-15)19-14(21)10-5-11(17)7-12(18)6-10/h5-7,13,20H,8-9H2,1-4H3,(H,19,21). The van der Waals surface area contributed by atoms with Crippen LogP contribution in [0.1, 0.15) is 50.9 Å². The molecule has 0 bridgehead atoms. The molecule has 0 atom stereocenters. The Bertz CT molecular complexity index is 521. The molecular formula is C16H22BrClN2O. The van der Waals surface area contributed by atoms with E-state index in [4.69, 9.17) is 11.6 Å². The van der Waals surface area contributed by atoms with Crippen molar-refractivity contribution < 1.29 is 4.79 Å². The van der Waals surface area contributed by atoms with E-state index in [1.807, 2.05) is 0 Å². The van der Waals surface area contributed by atoms with Crippen LogP contribution in [0.3, 0.4) is 0 Å². The topological polar surface area (TPSA) is 41.1 Å². The minimum atomic E-state index is -0.0725. The van der Waals surface area contributed by atoms with Crippen molar-refractivity contribution in [2.45, 2.75) is 57.7 Å². The third-order valence-corrected chi connectivity index (χ3v) is 4.33. The normalized spacial score (nSPS) is 21.0. The van der Waals surface area contributed by atoms with Crippen molar-refractivity contribution in [2.24, 2.45) is 0 Å². The fourth-order valence-electron chi connectivity index (χ4n) is 3.38. The van der Waals surface area contributed by atoms with Crippen molar-refractivity contribution in [2.75, 3.05) is 0 Å². The monoisotopic (exact) mass is 372 g/mol. The zero-order chi connectivity index (χ0) is 15.8. The molecule has 116 valence electrons. The van der Waals surface area contributed by atoms with Gasteiger partial charge >= 0.3 is 0 Å². The highest BCUT2D eigenvalue weighted by molar-refractivity contribution is 9.10. The highest BCUT2D eigenvalue weighted by Crippen LogP contribution is 2.29. The quantitative estimate of drug-likeness (QED) is 0.818. The Morgan fingerprint density at radius 2 is 1.81 bits per heavy atom. The Morgan fingerprint density at radius 1 is 1.24 bits per heavy atom. The Balaban J connectivity index is 2.12. The zero-order valence-corrected chi connectivity index (χ0v) is 15.2. The molecule has 0 aliphatic carbocycles. The summed E-state index contributed by atoms with van der Waals surface area (Å²) in [4.78, 5) is 12.4. The van der Waals surface area contributed by atoms with Gasteiger partial charge in [-0.05, 0) is 58.7 Å². The van der Waals surface area contributed by atoms with E-state index in [-0.39, 0.29) is 23.0 Å². The van der Waals surface area contributed by atoms with Crippen LogP contribution in [0.4, 0.5) is 0 Å². The number of carbonyl (C=O) groups excluding carboxylic acids is 1. The molecule has 21 heavy (non-hydrogen) atoms. The number of benzene rings is 1. The van der Waals surface area contributed by atoms with Gasteiger partial charge in [-0.2, -0.15) is 0 Å². The Labute approximate surface area is 140 Å². The van der Waals surface area contributed by atoms with Crippen LogP contribution >= 0.6 is 27.5 Å². The van der Waals surface area contributed by atoms with Gasteiger partial charge < -0.3 is 10.6 Å². The van der Waals surface area contributed by atoms with Gasteiger partial charge in [-0.1, -0.05) is 27.5 Å². The van der Waals surface area contributed by atoms with Gasteiger partial charge in [0.25, 0.3) is 5.91 Å². The lowest BCUT2D eigenvalue weighted by atomic mass is 9.79. The zero-order valence-electron chi connectivity index (χ0n) is 12.9. The van der Waals surface area contributed by atoms with E-state index in [1.54, 1.807) is 18.2 Å². The van der Waals surface area contributed by atoms with Crippen LogP contribution in [0.25, 0.3) is 0 Å². The molecule has 3 nitrogen and oxygen atoms in total. The Kier molecular flexibility index (Phi) is 4.72. The lowest BCUT2D eigenvalue weighted by Crippen LogP contribution is -2.62. The highest BCUT2D eigenvalue weighted by atomic mass is 79.9. The third kappa shape index (κ3) is 4.70. The van der Waals surface area contributed by atoms with Crippen LogP contribution in [-0.2, 0) is 0 Å². The Morgan fingerprint density at radius 3 is 2.33 bits per heavy atom. The number of rotatable bonds is 2. The molecule has 1 aromatic carbocycles. The van der Waals surface area contributed by atoms with E-state index in [0.717, 1.165) is 17.3 Å². The van der Waals surface area contributed by atoms with Gasteiger partial charge in [-0.25, -0.2) is 0 Å². The van der Waals surface area contributed by atoms with Crippen molar-refractivity contribution in [1.29, 1.82) is 0 Å². The van der Waals surface area contributed by atoms with Gasteiger partial charge in [0, 0.05) is 32.2 Å². The van der Waals surface area contributed by atoms with Gasteiger partial charge in [0.05, 0.1) is 0 Å². The van der Waals surface area contributed by atoms with Crippen molar-refractivity contribution >= 4 is 33.4 Å². The van der Waals surface area contributed by atoms with E-state index in [1.165, 1.54) is 0 Å². The second-order valence-electron chi connectivity index (χ2n) is 7.13. The van der Waals surface area contributed by atoms with Crippen LogP contribution in [0, 0.1) is 0 Å². The molecule has 0 radical (unpaired) electrons. The lowest BCUT2D eigenvalue weighted by Gasteiger charge is -2.46. The van der Waals surface area contributed by atoms with Crippen LogP contribution < -0.4 is 10.6 Å². The molecule has 5 heteroatoms. The fourth-order valence-corrected chi connectivity index (χ4v) is 4.24. The largest absolute Gasteiger partial charge is 0.349 e. The highest BCUT2D eigenvalue weighted by Gasteiger charge is 2.38. The minimum absolute atomic E-state index is 0.00854. The Hall–Kier alpha value is -0.580. The maximum Gasteiger partial charge on any atom is 0.251 e. The number of carbonyl (C=O) groups is 1. The number of nitrogens with one attached hydrogen (secondary N) is 2. The number of hydrogen-bond acceptors (Lipinski definition) is 2. The van der Waals surface area contributed by atoms with Crippen molar-refractivity contribution in [3.63, 3.8) is 0 Å². The first kappa shape index (κ1) is 16.8. The van der Waals surface area contributed by atoms with Crippen LogP contribution in [0.15, 0.2) is 22.7 Å². The first-order chi connectivity index (χ1) is 9.56. The average molecular weight is 374 g/mol. The molecule has 1 aliphatic rings. The molecule has 1 heterocycles. The number of halogens is 2. The van der Waals surface area contributed by atoms with Gasteiger partial charge in [0.2, 0.25) is 0 Å². The molecule has 1 saturated heterocycles. The number of amides is 1. The van der Waals surface area contributed by atoms with E-state index in [9.17, 15) is 4.79 Å². The summed E-state index contributed by atoms with van der Waals surface area (Å²) < 4.78 is 0.811. The smallest absolute Gasteiger partial charge is 0.251 e. The maximum absolute atomic E-state index is 12.4. The summed E-state index contributed by atoms with van der Waals surface area (Å²) >= 11 is 9.38. The van der Waals surface area contributed by atoms with Crippen LogP contribution in [0.2, 0.25) is 5.02 Å². The summed E-state index contributed by atoms with van der Waals surface area (Å²) in [7, 11) is 0. The predicted molar refractivity (Wildman–Crippen MR) is 90.9 cm³/mol. The lowest BCUT2D eigenvalue weighted by molar-refractivity contribution is 0.0873. The third-order valence-electron chi connectivity index (χ3n) is 3.65. The van der Waals surface area contributed by atoms with Crippen molar-refractivity contribution in [1.82, 2.24) is 10.6 Å². The molecule has 1 fully saturated rings. The van der Waals surface area contributed by atoms with Gasteiger partial charge in [0.1, 0.15) is 0 Å². The number of hydrogen-bond donors (Lipinski definition) is 2. The van der Waals surface area contributed by atoms with E-state index in [2.05, 4.69) is 54.3 Å². The van der Waals surface area contributed by atoms with Crippen LogP contribution in [-0.4, -0.2) is 23.0 Å². The maximum atomic E-state index is 12.4.